The number of piperidine rings is 1. The SMILES string of the molecule is CCN1CCC(N(C)C(=O)CC2CS(=O)(=O)CCN2)CC1. The Kier molecular flexibility index (Phi) is 5.62. The molecule has 21 heavy (non-hydrogen) atoms. The Balaban J connectivity index is 1.83. The summed E-state index contributed by atoms with van der Waals surface area (Å²) < 4.78 is 23.2. The summed E-state index contributed by atoms with van der Waals surface area (Å²) in [5.41, 5.74) is 0. The molecule has 2 saturated heterocycles. The van der Waals surface area contributed by atoms with E-state index in [1.54, 1.807) is 0 Å². The van der Waals surface area contributed by atoms with Gasteiger partial charge in [-0.2, -0.15) is 0 Å². The van der Waals surface area contributed by atoms with E-state index < -0.39 is 9.84 Å². The summed E-state index contributed by atoms with van der Waals surface area (Å²) in [6, 6.07) is 0.0647. The molecular formula is C14H27N3O3S. The van der Waals surface area contributed by atoms with Crippen LogP contribution in [0.1, 0.15) is 26.2 Å². The maximum Gasteiger partial charge on any atom is 0.224 e. The van der Waals surface area contributed by atoms with E-state index in [1.807, 2.05) is 11.9 Å². The quantitative estimate of drug-likeness (QED) is 0.771. The van der Waals surface area contributed by atoms with Gasteiger partial charge in [-0.3, -0.25) is 4.79 Å². The molecular weight excluding hydrogens is 290 g/mol. The molecule has 0 saturated carbocycles. The molecule has 2 aliphatic rings. The lowest BCUT2D eigenvalue weighted by molar-refractivity contribution is -0.133. The summed E-state index contributed by atoms with van der Waals surface area (Å²) in [6.45, 7) is 5.75. The highest BCUT2D eigenvalue weighted by molar-refractivity contribution is 7.91. The molecule has 6 nitrogen and oxygen atoms in total. The van der Waals surface area contributed by atoms with E-state index in [1.165, 1.54) is 0 Å². The lowest BCUT2D eigenvalue weighted by atomic mass is 10.0. The van der Waals surface area contributed by atoms with Crippen LogP contribution in [0.5, 0.6) is 0 Å². The Hall–Kier alpha value is -0.660. The van der Waals surface area contributed by atoms with Crippen molar-refractivity contribution in [3.8, 4) is 0 Å². The van der Waals surface area contributed by atoms with E-state index in [2.05, 4.69) is 17.1 Å². The van der Waals surface area contributed by atoms with Gasteiger partial charge in [-0.05, 0) is 19.4 Å². The van der Waals surface area contributed by atoms with Gasteiger partial charge in [0.05, 0.1) is 11.5 Å². The van der Waals surface area contributed by atoms with Crippen LogP contribution in [0.3, 0.4) is 0 Å². The summed E-state index contributed by atoms with van der Waals surface area (Å²) in [5, 5.41) is 3.14. The van der Waals surface area contributed by atoms with Gasteiger partial charge < -0.3 is 15.1 Å². The first kappa shape index (κ1) is 16.7. The third-order valence-electron chi connectivity index (χ3n) is 4.67. The third kappa shape index (κ3) is 4.66. The van der Waals surface area contributed by atoms with Crippen LogP contribution >= 0.6 is 0 Å². The van der Waals surface area contributed by atoms with Crippen molar-refractivity contribution in [3.05, 3.63) is 0 Å². The molecule has 122 valence electrons. The number of amides is 1. The molecule has 2 aliphatic heterocycles. The number of hydrogen-bond donors (Lipinski definition) is 1. The molecule has 2 heterocycles. The Morgan fingerprint density at radius 1 is 1.33 bits per heavy atom. The van der Waals surface area contributed by atoms with Crippen molar-refractivity contribution in [2.45, 2.75) is 38.3 Å². The van der Waals surface area contributed by atoms with Crippen molar-refractivity contribution in [2.75, 3.05) is 44.7 Å². The largest absolute Gasteiger partial charge is 0.343 e. The summed E-state index contributed by atoms with van der Waals surface area (Å²) >= 11 is 0. The fourth-order valence-electron chi connectivity index (χ4n) is 3.18. The summed E-state index contributed by atoms with van der Waals surface area (Å²) in [4.78, 5) is 16.6. The number of rotatable bonds is 4. The fraction of sp³-hybridized carbons (Fsp3) is 0.929. The van der Waals surface area contributed by atoms with Crippen LogP contribution in [-0.2, 0) is 14.6 Å². The number of carbonyl (C=O) groups excluding carboxylic acids is 1. The zero-order valence-corrected chi connectivity index (χ0v) is 13.9. The van der Waals surface area contributed by atoms with Crippen LogP contribution in [0.15, 0.2) is 0 Å². The van der Waals surface area contributed by atoms with Crippen LogP contribution in [0.4, 0.5) is 0 Å². The van der Waals surface area contributed by atoms with Gasteiger partial charge >= 0.3 is 0 Å². The molecule has 1 N–H and O–H groups in total. The van der Waals surface area contributed by atoms with Crippen LogP contribution in [0, 0.1) is 0 Å². The van der Waals surface area contributed by atoms with Crippen LogP contribution < -0.4 is 5.32 Å². The Morgan fingerprint density at radius 3 is 2.57 bits per heavy atom. The van der Waals surface area contributed by atoms with E-state index in [0.29, 0.717) is 12.6 Å². The molecule has 0 spiro atoms. The van der Waals surface area contributed by atoms with Gasteiger partial charge in [0.1, 0.15) is 0 Å². The van der Waals surface area contributed by atoms with Crippen LogP contribution in [0.25, 0.3) is 0 Å². The number of nitrogens with one attached hydrogen (secondary N) is 1. The van der Waals surface area contributed by atoms with Gasteiger partial charge in [0, 0.05) is 45.2 Å². The highest BCUT2D eigenvalue weighted by atomic mass is 32.2. The molecule has 0 aromatic heterocycles. The van der Waals surface area contributed by atoms with Crippen molar-refractivity contribution in [3.63, 3.8) is 0 Å². The Bertz CT molecular complexity index is 458. The van der Waals surface area contributed by atoms with Crippen molar-refractivity contribution >= 4 is 15.7 Å². The number of sulfone groups is 1. The minimum atomic E-state index is -2.98. The van der Waals surface area contributed by atoms with E-state index in [0.717, 1.165) is 32.5 Å². The molecule has 1 atom stereocenters. The molecule has 2 rings (SSSR count). The third-order valence-corrected chi connectivity index (χ3v) is 6.40. The lowest BCUT2D eigenvalue weighted by Gasteiger charge is -2.37. The molecule has 0 bridgehead atoms. The predicted molar refractivity (Wildman–Crippen MR) is 83.0 cm³/mol. The Labute approximate surface area is 127 Å². The number of carbonyl (C=O) groups is 1. The first-order valence-corrected chi connectivity index (χ1v) is 9.65. The van der Waals surface area contributed by atoms with Gasteiger partial charge in [0.15, 0.2) is 9.84 Å². The van der Waals surface area contributed by atoms with E-state index >= 15 is 0 Å². The molecule has 1 amide bonds. The highest BCUT2D eigenvalue weighted by Crippen LogP contribution is 2.17. The zero-order chi connectivity index (χ0) is 15.5. The van der Waals surface area contributed by atoms with Crippen molar-refractivity contribution in [2.24, 2.45) is 0 Å². The molecule has 1 unspecified atom stereocenters. The first-order chi connectivity index (χ1) is 9.91. The average Bonchev–Trinajstić information content (AvgIpc) is 2.45. The van der Waals surface area contributed by atoms with Gasteiger partial charge in [-0.25, -0.2) is 8.42 Å². The van der Waals surface area contributed by atoms with Gasteiger partial charge in [0.25, 0.3) is 0 Å². The fourth-order valence-corrected chi connectivity index (χ4v) is 4.62. The summed E-state index contributed by atoms with van der Waals surface area (Å²) in [7, 11) is -1.13. The van der Waals surface area contributed by atoms with Crippen LogP contribution in [-0.4, -0.2) is 80.9 Å². The zero-order valence-electron chi connectivity index (χ0n) is 13.0. The van der Waals surface area contributed by atoms with E-state index in [9.17, 15) is 13.2 Å². The van der Waals surface area contributed by atoms with Gasteiger partial charge in [0.2, 0.25) is 5.91 Å². The second kappa shape index (κ2) is 7.07. The molecule has 7 heteroatoms. The van der Waals surface area contributed by atoms with Crippen molar-refractivity contribution in [1.29, 1.82) is 0 Å². The maximum atomic E-state index is 12.4. The molecule has 2 fully saturated rings. The lowest BCUT2D eigenvalue weighted by Crippen LogP contribution is -2.50. The average molecular weight is 317 g/mol. The number of nitrogens with zero attached hydrogens (tertiary/aromatic N) is 2. The predicted octanol–water partition coefficient (Wildman–Crippen LogP) is -0.294. The monoisotopic (exact) mass is 317 g/mol. The normalized spacial score (nSPS) is 27.4. The van der Waals surface area contributed by atoms with E-state index in [-0.39, 0.29) is 29.9 Å². The van der Waals surface area contributed by atoms with Crippen molar-refractivity contribution < 1.29 is 13.2 Å². The summed E-state index contributed by atoms with van der Waals surface area (Å²) in [6.07, 6.45) is 2.29. The standard InChI is InChI=1S/C14H27N3O3S/c1-3-17-7-4-13(5-8-17)16(2)14(18)10-12-11-21(19,20)9-6-15-12/h12-13,15H,3-11H2,1-2H3. The molecule has 0 aromatic carbocycles. The first-order valence-electron chi connectivity index (χ1n) is 7.83. The molecule has 0 aliphatic carbocycles. The second-order valence-electron chi connectivity index (χ2n) is 6.14. The topological polar surface area (TPSA) is 69.7 Å². The number of likely N-dealkylation sites (tertiary alicyclic amines) is 1. The Morgan fingerprint density at radius 2 is 2.00 bits per heavy atom. The second-order valence-corrected chi connectivity index (χ2v) is 8.37. The van der Waals surface area contributed by atoms with Crippen molar-refractivity contribution in [1.82, 2.24) is 15.1 Å². The maximum absolute atomic E-state index is 12.4. The highest BCUT2D eigenvalue weighted by Gasteiger charge is 2.29. The number of hydrogen-bond acceptors (Lipinski definition) is 5. The molecule has 0 radical (unpaired) electrons. The van der Waals surface area contributed by atoms with Gasteiger partial charge in [-0.1, -0.05) is 6.92 Å². The smallest absolute Gasteiger partial charge is 0.224 e. The minimum Gasteiger partial charge on any atom is -0.343 e. The van der Waals surface area contributed by atoms with Crippen LogP contribution in [0.2, 0.25) is 0 Å². The van der Waals surface area contributed by atoms with E-state index in [4.69, 9.17) is 0 Å². The minimum absolute atomic E-state index is 0.0551. The summed E-state index contributed by atoms with van der Waals surface area (Å²) in [5.74, 6) is 0.323. The van der Waals surface area contributed by atoms with Gasteiger partial charge in [-0.15, -0.1) is 0 Å². The molecule has 0 aromatic rings.